The van der Waals surface area contributed by atoms with Crippen LogP contribution in [-0.2, 0) is 6.54 Å². The second-order valence-corrected chi connectivity index (χ2v) is 5.33. The molecule has 3 aromatic rings. The Labute approximate surface area is 107 Å². The van der Waals surface area contributed by atoms with Crippen molar-refractivity contribution < 1.29 is 0 Å². The highest BCUT2D eigenvalue weighted by molar-refractivity contribution is 7.15. The molecule has 0 aliphatic heterocycles. The van der Waals surface area contributed by atoms with E-state index in [9.17, 15) is 0 Å². The topological polar surface area (TPSA) is 43.6 Å². The smallest absolute Gasteiger partial charge is 0.207 e. The zero-order valence-electron chi connectivity index (χ0n) is 9.09. The Bertz CT molecular complexity index is 673. The summed E-state index contributed by atoms with van der Waals surface area (Å²) in [4.78, 5) is 4.50. The third kappa shape index (κ3) is 1.92. The SMILES string of the molecule is Cc1nc2ccccc2n1Cc1nnc(Cl)s1. The molecule has 0 unspecified atom stereocenters. The monoisotopic (exact) mass is 264 g/mol. The van der Waals surface area contributed by atoms with Gasteiger partial charge in [0.25, 0.3) is 0 Å². The molecule has 0 aliphatic rings. The van der Waals surface area contributed by atoms with Gasteiger partial charge in [0.1, 0.15) is 10.8 Å². The molecule has 17 heavy (non-hydrogen) atoms. The van der Waals surface area contributed by atoms with Gasteiger partial charge in [-0.1, -0.05) is 23.5 Å². The molecular formula is C11H9ClN4S. The van der Waals surface area contributed by atoms with Gasteiger partial charge in [0.15, 0.2) is 0 Å². The van der Waals surface area contributed by atoms with Crippen LogP contribution in [0.5, 0.6) is 0 Å². The van der Waals surface area contributed by atoms with E-state index in [1.807, 2.05) is 25.1 Å². The molecule has 2 aromatic heterocycles. The maximum absolute atomic E-state index is 5.78. The van der Waals surface area contributed by atoms with E-state index < -0.39 is 0 Å². The molecule has 2 heterocycles. The fraction of sp³-hybridized carbons (Fsp3) is 0.182. The highest BCUT2D eigenvalue weighted by atomic mass is 35.5. The van der Waals surface area contributed by atoms with Crippen LogP contribution < -0.4 is 0 Å². The zero-order valence-corrected chi connectivity index (χ0v) is 10.7. The summed E-state index contributed by atoms with van der Waals surface area (Å²) in [5.41, 5.74) is 2.11. The van der Waals surface area contributed by atoms with Crippen molar-refractivity contribution >= 4 is 34.0 Å². The lowest BCUT2D eigenvalue weighted by Crippen LogP contribution is -2.01. The van der Waals surface area contributed by atoms with Gasteiger partial charge in [0.05, 0.1) is 17.6 Å². The van der Waals surface area contributed by atoms with Crippen LogP contribution in [0, 0.1) is 6.92 Å². The average molecular weight is 265 g/mol. The zero-order chi connectivity index (χ0) is 11.8. The second kappa shape index (κ2) is 4.09. The molecule has 4 nitrogen and oxygen atoms in total. The van der Waals surface area contributed by atoms with Crippen LogP contribution in [0.1, 0.15) is 10.8 Å². The first-order valence-electron chi connectivity index (χ1n) is 5.14. The molecule has 0 atom stereocenters. The molecule has 6 heteroatoms. The Hall–Kier alpha value is -1.46. The van der Waals surface area contributed by atoms with Gasteiger partial charge in [-0.2, -0.15) is 0 Å². The first kappa shape index (κ1) is 10.7. The predicted octanol–water partition coefficient (Wildman–Crippen LogP) is 2.90. The first-order valence-corrected chi connectivity index (χ1v) is 6.33. The number of aryl methyl sites for hydroxylation is 1. The number of hydrogen-bond acceptors (Lipinski definition) is 4. The van der Waals surface area contributed by atoms with Gasteiger partial charge >= 0.3 is 0 Å². The molecule has 0 spiro atoms. The van der Waals surface area contributed by atoms with E-state index in [1.165, 1.54) is 11.3 Å². The van der Waals surface area contributed by atoms with Gasteiger partial charge in [-0.25, -0.2) is 4.98 Å². The largest absolute Gasteiger partial charge is 0.321 e. The van der Waals surface area contributed by atoms with Crippen LogP contribution in [0.2, 0.25) is 4.47 Å². The predicted molar refractivity (Wildman–Crippen MR) is 68.5 cm³/mol. The Kier molecular flexibility index (Phi) is 2.57. The van der Waals surface area contributed by atoms with Crippen LogP contribution in [0.3, 0.4) is 0 Å². The molecule has 0 bridgehead atoms. The Morgan fingerprint density at radius 1 is 1.29 bits per heavy atom. The standard InChI is InChI=1S/C11H9ClN4S/c1-7-13-8-4-2-3-5-9(8)16(7)6-10-14-15-11(12)17-10/h2-5H,6H2,1H3. The third-order valence-electron chi connectivity index (χ3n) is 2.58. The van der Waals surface area contributed by atoms with Crippen molar-refractivity contribution in [1.82, 2.24) is 19.7 Å². The number of aromatic nitrogens is 4. The summed E-state index contributed by atoms with van der Waals surface area (Å²) in [7, 11) is 0. The minimum atomic E-state index is 0.474. The molecule has 0 N–H and O–H groups in total. The van der Waals surface area contributed by atoms with E-state index in [-0.39, 0.29) is 0 Å². The second-order valence-electron chi connectivity index (χ2n) is 3.68. The van der Waals surface area contributed by atoms with Crippen LogP contribution >= 0.6 is 22.9 Å². The number of fused-ring (bicyclic) bond motifs is 1. The maximum atomic E-state index is 5.78. The number of para-hydroxylation sites is 2. The fourth-order valence-electron chi connectivity index (χ4n) is 1.83. The lowest BCUT2D eigenvalue weighted by molar-refractivity contribution is 0.768. The molecular weight excluding hydrogens is 256 g/mol. The molecule has 0 radical (unpaired) electrons. The summed E-state index contributed by atoms with van der Waals surface area (Å²) in [5.74, 6) is 0.970. The number of imidazole rings is 1. The lowest BCUT2D eigenvalue weighted by atomic mass is 10.3. The van der Waals surface area contributed by atoms with Gasteiger partial charge in [0.2, 0.25) is 4.47 Å². The molecule has 0 fully saturated rings. The third-order valence-corrected chi connectivity index (χ3v) is 3.58. The highest BCUT2D eigenvalue weighted by Crippen LogP contribution is 2.20. The molecule has 0 saturated carbocycles. The van der Waals surface area contributed by atoms with Crippen molar-refractivity contribution in [2.24, 2.45) is 0 Å². The summed E-state index contributed by atoms with van der Waals surface area (Å²) in [6.45, 7) is 2.65. The van der Waals surface area contributed by atoms with Crippen molar-refractivity contribution in [3.05, 3.63) is 39.6 Å². The maximum Gasteiger partial charge on any atom is 0.207 e. The number of rotatable bonds is 2. The quantitative estimate of drug-likeness (QED) is 0.715. The van der Waals surface area contributed by atoms with Gasteiger partial charge in [-0.15, -0.1) is 10.2 Å². The molecule has 1 aromatic carbocycles. The summed E-state index contributed by atoms with van der Waals surface area (Å²) < 4.78 is 2.59. The summed E-state index contributed by atoms with van der Waals surface area (Å²) in [5, 5.41) is 8.72. The van der Waals surface area contributed by atoms with Crippen molar-refractivity contribution in [2.45, 2.75) is 13.5 Å². The normalized spacial score (nSPS) is 11.2. The summed E-state index contributed by atoms with van der Waals surface area (Å²) >= 11 is 7.18. The number of halogens is 1. The lowest BCUT2D eigenvalue weighted by Gasteiger charge is -2.02. The summed E-state index contributed by atoms with van der Waals surface area (Å²) in [6, 6.07) is 8.05. The molecule has 0 amide bonds. The highest BCUT2D eigenvalue weighted by Gasteiger charge is 2.09. The van der Waals surface area contributed by atoms with Gasteiger partial charge in [-0.05, 0) is 30.7 Å². The van der Waals surface area contributed by atoms with Gasteiger partial charge in [-0.3, -0.25) is 0 Å². The Morgan fingerprint density at radius 2 is 2.12 bits per heavy atom. The van der Waals surface area contributed by atoms with Crippen molar-refractivity contribution in [3.63, 3.8) is 0 Å². The van der Waals surface area contributed by atoms with Crippen molar-refractivity contribution in [3.8, 4) is 0 Å². The van der Waals surface area contributed by atoms with Gasteiger partial charge in [0, 0.05) is 0 Å². The Morgan fingerprint density at radius 3 is 2.88 bits per heavy atom. The number of benzene rings is 1. The number of nitrogens with zero attached hydrogens (tertiary/aromatic N) is 4. The van der Waals surface area contributed by atoms with Crippen LogP contribution in [0.4, 0.5) is 0 Å². The first-order chi connectivity index (χ1) is 8.24. The fourth-order valence-corrected chi connectivity index (χ4v) is 2.68. The van der Waals surface area contributed by atoms with E-state index in [2.05, 4.69) is 25.8 Å². The van der Waals surface area contributed by atoms with Gasteiger partial charge < -0.3 is 4.57 Å². The Balaban J connectivity index is 2.08. The minimum Gasteiger partial charge on any atom is -0.321 e. The summed E-state index contributed by atoms with van der Waals surface area (Å²) in [6.07, 6.45) is 0. The van der Waals surface area contributed by atoms with Crippen molar-refractivity contribution in [2.75, 3.05) is 0 Å². The van der Waals surface area contributed by atoms with Crippen LogP contribution in [0.25, 0.3) is 11.0 Å². The average Bonchev–Trinajstić information content (AvgIpc) is 2.85. The van der Waals surface area contributed by atoms with E-state index >= 15 is 0 Å². The van der Waals surface area contributed by atoms with E-state index in [0.29, 0.717) is 11.0 Å². The molecule has 0 aliphatic carbocycles. The molecule has 0 saturated heterocycles. The van der Waals surface area contributed by atoms with Crippen LogP contribution in [-0.4, -0.2) is 19.7 Å². The van der Waals surface area contributed by atoms with E-state index in [0.717, 1.165) is 21.9 Å². The minimum absolute atomic E-state index is 0.474. The number of hydrogen-bond donors (Lipinski definition) is 0. The van der Waals surface area contributed by atoms with Crippen LogP contribution in [0.15, 0.2) is 24.3 Å². The molecule has 86 valence electrons. The van der Waals surface area contributed by atoms with E-state index in [4.69, 9.17) is 11.6 Å². The molecule has 3 rings (SSSR count). The van der Waals surface area contributed by atoms with E-state index in [1.54, 1.807) is 0 Å². The van der Waals surface area contributed by atoms with Crippen molar-refractivity contribution in [1.29, 1.82) is 0 Å².